The van der Waals surface area contributed by atoms with Crippen molar-refractivity contribution in [2.45, 2.75) is 25.1 Å². The van der Waals surface area contributed by atoms with Crippen molar-refractivity contribution in [2.24, 2.45) is 0 Å². The molecule has 1 saturated heterocycles. The molecule has 2 rings (SSSR count). The van der Waals surface area contributed by atoms with Gasteiger partial charge in [0.25, 0.3) is 0 Å². The van der Waals surface area contributed by atoms with Gasteiger partial charge < -0.3 is 5.32 Å². The van der Waals surface area contributed by atoms with E-state index in [0.717, 1.165) is 13.1 Å². The van der Waals surface area contributed by atoms with Crippen LogP contribution >= 0.6 is 24.8 Å². The van der Waals surface area contributed by atoms with Crippen LogP contribution in [0.4, 0.5) is 17.6 Å². The van der Waals surface area contributed by atoms with Crippen LogP contribution in [-0.2, 0) is 0 Å². The van der Waals surface area contributed by atoms with Crippen LogP contribution in [0.1, 0.15) is 24.4 Å². The van der Waals surface area contributed by atoms with Gasteiger partial charge in [0.2, 0.25) is 0 Å². The first-order chi connectivity index (χ1) is 9.46. The van der Waals surface area contributed by atoms with Gasteiger partial charge in [0.15, 0.2) is 0 Å². The van der Waals surface area contributed by atoms with Gasteiger partial charge in [-0.25, -0.2) is 4.39 Å². The molecule has 2 nitrogen and oxygen atoms in total. The molecule has 1 heterocycles. The Bertz CT molecular complexity index is 437. The average Bonchev–Trinajstić information content (AvgIpc) is 2.39. The molecule has 0 bridgehead atoms. The van der Waals surface area contributed by atoms with Crippen LogP contribution in [-0.4, -0.2) is 37.3 Å². The Morgan fingerprint density at radius 3 is 2.32 bits per heavy atom. The summed E-state index contributed by atoms with van der Waals surface area (Å²) in [6.45, 7) is 2.85. The second kappa shape index (κ2) is 9.55. The van der Waals surface area contributed by atoms with Crippen molar-refractivity contribution in [3.8, 4) is 0 Å². The first kappa shape index (κ1) is 21.4. The van der Waals surface area contributed by atoms with E-state index in [1.807, 2.05) is 4.90 Å². The SMILES string of the molecule is Cl.Cl.Fc1cccc([C@@H](CCC(F)(F)F)N2CCNCC2)c1. The number of piperazine rings is 1. The summed E-state index contributed by atoms with van der Waals surface area (Å²) in [6, 6.07) is 5.51. The number of rotatable bonds is 4. The lowest BCUT2D eigenvalue weighted by Gasteiger charge is -2.35. The molecule has 1 atom stereocenters. The molecule has 0 saturated carbocycles. The van der Waals surface area contributed by atoms with Gasteiger partial charge in [0, 0.05) is 38.6 Å². The van der Waals surface area contributed by atoms with Gasteiger partial charge in [0.05, 0.1) is 0 Å². The Balaban J connectivity index is 0.00000220. The predicted molar refractivity (Wildman–Crippen MR) is 83.4 cm³/mol. The zero-order valence-electron chi connectivity index (χ0n) is 11.9. The molecular formula is C14H20Cl2F4N2. The van der Waals surface area contributed by atoms with Crippen molar-refractivity contribution < 1.29 is 17.6 Å². The minimum Gasteiger partial charge on any atom is -0.314 e. The fraction of sp³-hybridized carbons (Fsp3) is 0.571. The highest BCUT2D eigenvalue weighted by atomic mass is 35.5. The van der Waals surface area contributed by atoms with Crippen LogP contribution in [0.3, 0.4) is 0 Å². The van der Waals surface area contributed by atoms with Crippen molar-refractivity contribution in [3.63, 3.8) is 0 Å². The monoisotopic (exact) mass is 362 g/mol. The Hall–Kier alpha value is -0.560. The van der Waals surface area contributed by atoms with E-state index in [1.165, 1.54) is 12.1 Å². The summed E-state index contributed by atoms with van der Waals surface area (Å²) in [6.07, 6.45) is -5.06. The predicted octanol–water partition coefficient (Wildman–Crippen LogP) is 3.96. The smallest absolute Gasteiger partial charge is 0.314 e. The van der Waals surface area contributed by atoms with Gasteiger partial charge in [-0.15, -0.1) is 24.8 Å². The molecule has 1 fully saturated rings. The number of hydrogen-bond acceptors (Lipinski definition) is 2. The largest absolute Gasteiger partial charge is 0.389 e. The highest BCUT2D eigenvalue weighted by molar-refractivity contribution is 5.85. The maximum absolute atomic E-state index is 13.3. The van der Waals surface area contributed by atoms with Gasteiger partial charge in [0.1, 0.15) is 5.82 Å². The lowest BCUT2D eigenvalue weighted by molar-refractivity contribution is -0.138. The van der Waals surface area contributed by atoms with E-state index >= 15 is 0 Å². The number of nitrogens with one attached hydrogen (secondary N) is 1. The molecular weight excluding hydrogens is 343 g/mol. The minimum absolute atomic E-state index is 0. The number of nitrogens with zero attached hydrogens (tertiary/aromatic N) is 1. The summed E-state index contributed by atoms with van der Waals surface area (Å²) in [5.74, 6) is -0.408. The number of alkyl halides is 3. The van der Waals surface area contributed by atoms with Crippen LogP contribution in [0.25, 0.3) is 0 Å². The Morgan fingerprint density at radius 1 is 1.14 bits per heavy atom. The lowest BCUT2D eigenvalue weighted by atomic mass is 9.99. The summed E-state index contributed by atoms with van der Waals surface area (Å²) < 4.78 is 50.7. The van der Waals surface area contributed by atoms with E-state index in [1.54, 1.807) is 12.1 Å². The summed E-state index contributed by atoms with van der Waals surface area (Å²) in [5.41, 5.74) is 0.621. The Kier molecular flexibility index (Phi) is 9.31. The molecule has 8 heteroatoms. The molecule has 0 spiro atoms. The highest BCUT2D eigenvalue weighted by Crippen LogP contribution is 2.31. The summed E-state index contributed by atoms with van der Waals surface area (Å²) in [5, 5.41) is 3.17. The molecule has 0 radical (unpaired) electrons. The quantitative estimate of drug-likeness (QED) is 0.815. The van der Waals surface area contributed by atoms with Gasteiger partial charge in [-0.3, -0.25) is 4.90 Å². The lowest BCUT2D eigenvalue weighted by Crippen LogP contribution is -2.45. The van der Waals surface area contributed by atoms with E-state index in [4.69, 9.17) is 0 Å². The van der Waals surface area contributed by atoms with Gasteiger partial charge in [-0.05, 0) is 24.1 Å². The summed E-state index contributed by atoms with van der Waals surface area (Å²) in [4.78, 5) is 2.00. The third-order valence-corrected chi connectivity index (χ3v) is 3.53. The van der Waals surface area contributed by atoms with Crippen LogP contribution in [0.5, 0.6) is 0 Å². The van der Waals surface area contributed by atoms with E-state index in [9.17, 15) is 17.6 Å². The van der Waals surface area contributed by atoms with Crippen molar-refractivity contribution in [3.05, 3.63) is 35.6 Å². The molecule has 0 aliphatic carbocycles. The standard InChI is InChI=1S/C14H18F4N2.2ClH/c15-12-3-1-2-11(10-12)13(4-5-14(16,17)18)20-8-6-19-7-9-20;;/h1-3,10,13,19H,4-9H2;2*1H/t13-;;/m1../s1. The topological polar surface area (TPSA) is 15.3 Å². The maximum atomic E-state index is 13.3. The average molecular weight is 363 g/mol. The molecule has 1 aromatic carbocycles. The normalized spacial score (nSPS) is 17.3. The number of hydrogen-bond donors (Lipinski definition) is 1. The van der Waals surface area contributed by atoms with E-state index in [2.05, 4.69) is 5.32 Å². The molecule has 22 heavy (non-hydrogen) atoms. The molecule has 1 aromatic rings. The van der Waals surface area contributed by atoms with Crippen LogP contribution in [0, 0.1) is 5.82 Å². The first-order valence-electron chi connectivity index (χ1n) is 6.73. The molecule has 1 N–H and O–H groups in total. The fourth-order valence-electron chi connectivity index (χ4n) is 2.57. The van der Waals surface area contributed by atoms with E-state index in [-0.39, 0.29) is 37.3 Å². The van der Waals surface area contributed by atoms with Crippen molar-refractivity contribution in [2.75, 3.05) is 26.2 Å². The van der Waals surface area contributed by atoms with Gasteiger partial charge in [-0.2, -0.15) is 13.2 Å². The summed E-state index contributed by atoms with van der Waals surface area (Å²) >= 11 is 0. The van der Waals surface area contributed by atoms with Crippen LogP contribution in [0.15, 0.2) is 24.3 Å². The second-order valence-corrected chi connectivity index (χ2v) is 5.01. The zero-order chi connectivity index (χ0) is 14.6. The molecule has 0 amide bonds. The molecule has 0 unspecified atom stereocenters. The number of benzene rings is 1. The summed E-state index contributed by atoms with van der Waals surface area (Å²) in [7, 11) is 0. The maximum Gasteiger partial charge on any atom is 0.389 e. The van der Waals surface area contributed by atoms with Crippen molar-refractivity contribution in [1.29, 1.82) is 0 Å². The van der Waals surface area contributed by atoms with Gasteiger partial charge in [-0.1, -0.05) is 12.1 Å². The molecule has 128 valence electrons. The number of halogens is 6. The van der Waals surface area contributed by atoms with Crippen molar-refractivity contribution >= 4 is 24.8 Å². The molecule has 1 aliphatic rings. The fourth-order valence-corrected chi connectivity index (χ4v) is 2.57. The Morgan fingerprint density at radius 2 is 1.77 bits per heavy atom. The Labute approximate surface area is 140 Å². The van der Waals surface area contributed by atoms with Crippen LogP contribution in [0.2, 0.25) is 0 Å². The second-order valence-electron chi connectivity index (χ2n) is 5.01. The molecule has 1 aliphatic heterocycles. The van der Waals surface area contributed by atoms with Gasteiger partial charge >= 0.3 is 6.18 Å². The third kappa shape index (κ3) is 6.69. The van der Waals surface area contributed by atoms with E-state index < -0.39 is 18.4 Å². The first-order valence-corrected chi connectivity index (χ1v) is 6.73. The molecule has 0 aromatic heterocycles. The van der Waals surface area contributed by atoms with E-state index in [0.29, 0.717) is 18.7 Å². The van der Waals surface area contributed by atoms with Crippen molar-refractivity contribution in [1.82, 2.24) is 10.2 Å². The third-order valence-electron chi connectivity index (χ3n) is 3.53. The zero-order valence-corrected chi connectivity index (χ0v) is 13.5. The highest BCUT2D eigenvalue weighted by Gasteiger charge is 2.31. The minimum atomic E-state index is -4.18. The van der Waals surface area contributed by atoms with Crippen LogP contribution < -0.4 is 5.32 Å².